The molecule has 0 saturated heterocycles. The molecule has 2 nitrogen and oxygen atoms in total. The van der Waals surface area contributed by atoms with Gasteiger partial charge in [0.1, 0.15) is 11.4 Å². The van der Waals surface area contributed by atoms with Crippen LogP contribution in [0.15, 0.2) is 23.2 Å². The van der Waals surface area contributed by atoms with Crippen LogP contribution in [0.4, 0.5) is 27.6 Å². The van der Waals surface area contributed by atoms with Gasteiger partial charge in [0.05, 0.1) is 0 Å². The highest BCUT2D eigenvalue weighted by molar-refractivity contribution is 5.86. The highest BCUT2D eigenvalue weighted by Crippen LogP contribution is 2.33. The molecule has 24 heavy (non-hydrogen) atoms. The zero-order valence-electron chi connectivity index (χ0n) is 13.1. The second kappa shape index (κ2) is 6.22. The first-order chi connectivity index (χ1) is 11.1. The van der Waals surface area contributed by atoms with Gasteiger partial charge in [-0.1, -0.05) is 32.9 Å². The molecule has 0 heterocycles. The number of phenolic OH excluding ortho intramolecular Hbond substituents is 1. The Morgan fingerprint density at radius 3 is 1.88 bits per heavy atom. The van der Waals surface area contributed by atoms with E-state index in [9.17, 15) is 27.1 Å². The Morgan fingerprint density at radius 1 is 0.875 bits per heavy atom. The van der Waals surface area contributed by atoms with E-state index >= 15 is 0 Å². The molecule has 0 aliphatic carbocycles. The molecule has 0 amide bonds. The summed E-state index contributed by atoms with van der Waals surface area (Å²) >= 11 is 0. The van der Waals surface area contributed by atoms with Crippen molar-refractivity contribution in [3.05, 3.63) is 58.4 Å². The van der Waals surface area contributed by atoms with E-state index in [0.717, 1.165) is 6.21 Å². The zero-order valence-corrected chi connectivity index (χ0v) is 13.1. The predicted octanol–water partition coefficient (Wildman–Crippen LogP) is 5.14. The van der Waals surface area contributed by atoms with Gasteiger partial charge in [-0.25, -0.2) is 26.9 Å². The second-order valence-corrected chi connectivity index (χ2v) is 6.17. The van der Waals surface area contributed by atoms with E-state index in [2.05, 4.69) is 4.99 Å². The van der Waals surface area contributed by atoms with Crippen LogP contribution in [0.2, 0.25) is 0 Å². The van der Waals surface area contributed by atoms with Crippen molar-refractivity contribution in [3.63, 3.8) is 0 Å². The average Bonchev–Trinajstić information content (AvgIpc) is 2.51. The Morgan fingerprint density at radius 2 is 1.38 bits per heavy atom. The van der Waals surface area contributed by atoms with Gasteiger partial charge in [-0.05, 0) is 17.0 Å². The van der Waals surface area contributed by atoms with Crippen LogP contribution >= 0.6 is 0 Å². The molecular formula is C17H14F5NO. The molecule has 0 fully saturated rings. The van der Waals surface area contributed by atoms with Crippen molar-refractivity contribution in [1.29, 1.82) is 0 Å². The van der Waals surface area contributed by atoms with E-state index in [0.29, 0.717) is 5.56 Å². The maximum absolute atomic E-state index is 13.6. The molecule has 2 rings (SSSR count). The summed E-state index contributed by atoms with van der Waals surface area (Å²) < 4.78 is 66.4. The summed E-state index contributed by atoms with van der Waals surface area (Å²) in [6.45, 7) is 5.52. The summed E-state index contributed by atoms with van der Waals surface area (Å²) in [5, 5.41) is 10.2. The molecule has 0 radical (unpaired) electrons. The number of para-hydroxylation sites is 1. The fraction of sp³-hybridized carbons (Fsp3) is 0.235. The smallest absolute Gasteiger partial charge is 0.200 e. The lowest BCUT2D eigenvalue weighted by molar-refractivity contribution is 0.381. The van der Waals surface area contributed by atoms with Crippen molar-refractivity contribution in [2.45, 2.75) is 26.2 Å². The van der Waals surface area contributed by atoms with Gasteiger partial charge < -0.3 is 5.11 Å². The minimum Gasteiger partial charge on any atom is -0.507 e. The van der Waals surface area contributed by atoms with Crippen molar-refractivity contribution >= 4 is 11.9 Å². The maximum atomic E-state index is 13.6. The molecule has 0 aliphatic rings. The third-order valence-corrected chi connectivity index (χ3v) is 3.39. The molecule has 0 aliphatic heterocycles. The lowest BCUT2D eigenvalue weighted by Crippen LogP contribution is -2.11. The summed E-state index contributed by atoms with van der Waals surface area (Å²) in [4.78, 5) is 3.34. The molecule has 0 aromatic heterocycles. The fourth-order valence-electron chi connectivity index (χ4n) is 2.11. The summed E-state index contributed by atoms with van der Waals surface area (Å²) in [5.41, 5.74) is -1.10. The molecule has 128 valence electrons. The largest absolute Gasteiger partial charge is 0.507 e. The number of rotatable bonds is 2. The number of hydrogen-bond acceptors (Lipinski definition) is 2. The minimum absolute atomic E-state index is 0.0892. The number of aliphatic imine (C=N–C) groups is 1. The highest BCUT2D eigenvalue weighted by Gasteiger charge is 2.25. The van der Waals surface area contributed by atoms with Crippen molar-refractivity contribution in [2.75, 3.05) is 0 Å². The predicted molar refractivity (Wildman–Crippen MR) is 80.3 cm³/mol. The molecular weight excluding hydrogens is 329 g/mol. The number of aromatic hydroxyl groups is 1. The quantitative estimate of drug-likeness (QED) is 0.348. The van der Waals surface area contributed by atoms with Crippen molar-refractivity contribution in [3.8, 4) is 5.75 Å². The first-order valence-corrected chi connectivity index (χ1v) is 6.93. The molecule has 2 aromatic carbocycles. The number of nitrogens with zero attached hydrogens (tertiary/aromatic N) is 1. The first kappa shape index (κ1) is 17.9. The lowest BCUT2D eigenvalue weighted by Gasteiger charge is -2.21. The molecule has 0 unspecified atom stereocenters. The van der Waals surface area contributed by atoms with Crippen LogP contribution in [-0.2, 0) is 5.41 Å². The van der Waals surface area contributed by atoms with Gasteiger partial charge >= 0.3 is 0 Å². The van der Waals surface area contributed by atoms with Crippen molar-refractivity contribution < 1.29 is 27.1 Å². The SMILES string of the molecule is CC(C)(C)c1cccc(C=Nc2c(F)c(F)c(F)c(F)c2F)c1O. The van der Waals surface area contributed by atoms with E-state index < -0.39 is 40.2 Å². The monoisotopic (exact) mass is 343 g/mol. The number of benzene rings is 2. The van der Waals surface area contributed by atoms with Crippen LogP contribution in [0, 0.1) is 29.1 Å². The van der Waals surface area contributed by atoms with Gasteiger partial charge in [0.25, 0.3) is 0 Å². The summed E-state index contributed by atoms with van der Waals surface area (Å²) in [6.07, 6.45) is 0.850. The van der Waals surface area contributed by atoms with Crippen molar-refractivity contribution in [1.82, 2.24) is 0 Å². The molecule has 0 spiro atoms. The Balaban J connectivity index is 2.55. The fourth-order valence-corrected chi connectivity index (χ4v) is 2.11. The van der Waals surface area contributed by atoms with Gasteiger partial charge in [0.2, 0.25) is 5.82 Å². The van der Waals surface area contributed by atoms with E-state index in [1.807, 2.05) is 20.8 Å². The normalized spacial score (nSPS) is 12.2. The van der Waals surface area contributed by atoms with Gasteiger partial charge in [-0.2, -0.15) is 0 Å². The minimum atomic E-state index is -2.25. The maximum Gasteiger partial charge on any atom is 0.200 e. The van der Waals surface area contributed by atoms with Crippen LogP contribution < -0.4 is 0 Å². The Hall–Kier alpha value is -2.44. The molecule has 1 N–H and O–H groups in total. The number of halogens is 5. The Kier molecular flexibility index (Phi) is 4.64. The van der Waals surface area contributed by atoms with Gasteiger partial charge in [0, 0.05) is 11.8 Å². The highest BCUT2D eigenvalue weighted by atomic mass is 19.2. The molecule has 0 saturated carbocycles. The zero-order chi connectivity index (χ0) is 18.2. The third-order valence-electron chi connectivity index (χ3n) is 3.39. The second-order valence-electron chi connectivity index (χ2n) is 6.17. The topological polar surface area (TPSA) is 32.6 Å². The molecule has 0 atom stereocenters. The molecule has 2 aromatic rings. The number of hydrogen-bond donors (Lipinski definition) is 1. The van der Waals surface area contributed by atoms with E-state index in [-0.39, 0.29) is 11.3 Å². The summed E-state index contributed by atoms with van der Waals surface area (Å²) in [5.74, 6) is -10.6. The van der Waals surface area contributed by atoms with Crippen LogP contribution in [0.3, 0.4) is 0 Å². The van der Waals surface area contributed by atoms with Gasteiger partial charge in [0.15, 0.2) is 23.3 Å². The summed E-state index contributed by atoms with van der Waals surface area (Å²) in [7, 11) is 0. The van der Waals surface area contributed by atoms with Gasteiger partial charge in [-0.15, -0.1) is 0 Å². The van der Waals surface area contributed by atoms with Crippen LogP contribution in [0.5, 0.6) is 5.75 Å². The van der Waals surface area contributed by atoms with Gasteiger partial charge in [-0.3, -0.25) is 0 Å². The average molecular weight is 343 g/mol. The van der Waals surface area contributed by atoms with Crippen molar-refractivity contribution in [2.24, 2.45) is 4.99 Å². The van der Waals surface area contributed by atoms with Crippen LogP contribution in [0.1, 0.15) is 31.9 Å². The third kappa shape index (κ3) is 3.11. The van der Waals surface area contributed by atoms with Crippen LogP contribution in [0.25, 0.3) is 0 Å². The Bertz CT molecular complexity index is 796. The van der Waals surface area contributed by atoms with E-state index in [4.69, 9.17) is 0 Å². The lowest BCUT2D eigenvalue weighted by atomic mass is 9.85. The standard InChI is InChI=1S/C17H14F5NO/c1-17(2,3)9-6-4-5-8(16(9)24)7-23-15-13(21)11(19)10(18)12(20)14(15)22/h4-7,24H,1-3H3. The summed E-state index contributed by atoms with van der Waals surface area (Å²) in [6, 6.07) is 4.64. The number of phenols is 1. The first-order valence-electron chi connectivity index (χ1n) is 6.93. The molecule has 0 bridgehead atoms. The molecule has 7 heteroatoms. The van der Waals surface area contributed by atoms with E-state index in [1.165, 1.54) is 6.07 Å². The van der Waals surface area contributed by atoms with Crippen LogP contribution in [-0.4, -0.2) is 11.3 Å². The Labute approximate surface area is 135 Å². The van der Waals surface area contributed by atoms with E-state index in [1.54, 1.807) is 12.1 Å².